The van der Waals surface area contributed by atoms with Gasteiger partial charge in [-0.15, -0.1) is 10.2 Å². The van der Waals surface area contributed by atoms with Crippen LogP contribution in [0.4, 0.5) is 0 Å². The van der Waals surface area contributed by atoms with Gasteiger partial charge < -0.3 is 4.57 Å². The molecule has 1 aromatic rings. The molecule has 4 fully saturated rings. The Kier molecular flexibility index (Phi) is 2.78. The quantitative estimate of drug-likeness (QED) is 0.830. The second kappa shape index (κ2) is 4.54. The van der Waals surface area contributed by atoms with Gasteiger partial charge in [-0.1, -0.05) is 0 Å². The molecular weight excluding hydrogens is 300 g/mol. The van der Waals surface area contributed by atoms with E-state index in [9.17, 15) is 8.42 Å². The highest BCUT2D eigenvalue weighted by Crippen LogP contribution is 2.45. The van der Waals surface area contributed by atoms with Crippen LogP contribution in [0.5, 0.6) is 0 Å². The van der Waals surface area contributed by atoms with Crippen molar-refractivity contribution in [2.24, 2.45) is 5.92 Å². The van der Waals surface area contributed by atoms with E-state index in [4.69, 9.17) is 0 Å². The van der Waals surface area contributed by atoms with Gasteiger partial charge >= 0.3 is 0 Å². The maximum Gasteiger partial charge on any atom is 0.154 e. The summed E-state index contributed by atoms with van der Waals surface area (Å²) < 4.78 is 26.5. The molecule has 2 aliphatic carbocycles. The first kappa shape index (κ1) is 13.5. The summed E-state index contributed by atoms with van der Waals surface area (Å²) in [4.78, 5) is 2.28. The molecule has 0 radical (unpaired) electrons. The molecule has 2 saturated carbocycles. The average Bonchev–Trinajstić information content (AvgIpc) is 3.39. The number of aromatic nitrogens is 3. The first-order valence-electron chi connectivity index (χ1n) is 8.49. The zero-order valence-electron chi connectivity index (χ0n) is 12.7. The molecule has 6 nitrogen and oxygen atoms in total. The molecule has 0 spiro atoms. The Balaban J connectivity index is 1.37. The Hall–Kier alpha value is -0.950. The van der Waals surface area contributed by atoms with E-state index in [1.165, 1.54) is 31.5 Å². The Morgan fingerprint density at radius 1 is 1.05 bits per heavy atom. The van der Waals surface area contributed by atoms with Gasteiger partial charge in [0.25, 0.3) is 0 Å². The summed E-state index contributed by atoms with van der Waals surface area (Å²) in [6, 6.07) is 0.603. The van der Waals surface area contributed by atoms with Crippen LogP contribution in [0.1, 0.15) is 55.7 Å². The maximum atomic E-state index is 12.1. The molecule has 4 aliphatic rings. The standard InChI is InChI=1S/C15H22N4O2S/c20-22(21)6-5-11-7-18(8-13(11)22)9-14-16-17-15(10-1-2-10)19(14)12-3-4-12/h10-13H,1-9H2/t11-,13+/m1/s1. The van der Waals surface area contributed by atoms with Crippen LogP contribution in [0.2, 0.25) is 0 Å². The van der Waals surface area contributed by atoms with Crippen molar-refractivity contribution in [2.75, 3.05) is 18.8 Å². The summed E-state index contributed by atoms with van der Waals surface area (Å²) in [5.41, 5.74) is 0. The van der Waals surface area contributed by atoms with Gasteiger partial charge in [0.1, 0.15) is 11.6 Å². The summed E-state index contributed by atoms with van der Waals surface area (Å²) in [5, 5.41) is 8.77. The third-order valence-electron chi connectivity index (χ3n) is 5.70. The molecule has 22 heavy (non-hydrogen) atoms. The molecule has 0 aromatic carbocycles. The highest BCUT2D eigenvalue weighted by atomic mass is 32.2. The summed E-state index contributed by atoms with van der Waals surface area (Å²) >= 11 is 0. The van der Waals surface area contributed by atoms with Gasteiger partial charge in [0.15, 0.2) is 9.84 Å². The van der Waals surface area contributed by atoms with Crippen LogP contribution in [-0.4, -0.2) is 52.2 Å². The van der Waals surface area contributed by atoms with Crippen LogP contribution in [0.15, 0.2) is 0 Å². The van der Waals surface area contributed by atoms with E-state index in [0.29, 0.717) is 30.2 Å². The first-order valence-corrected chi connectivity index (χ1v) is 10.2. The summed E-state index contributed by atoms with van der Waals surface area (Å²) in [6.45, 7) is 2.35. The normalized spacial score (nSPS) is 34.2. The van der Waals surface area contributed by atoms with Gasteiger partial charge in [0.2, 0.25) is 0 Å². The zero-order chi connectivity index (χ0) is 14.9. The minimum atomic E-state index is -2.85. The van der Waals surface area contributed by atoms with E-state index < -0.39 is 9.84 Å². The lowest BCUT2D eigenvalue weighted by molar-refractivity contribution is 0.300. The average molecular weight is 322 g/mol. The first-order chi connectivity index (χ1) is 10.6. The fourth-order valence-corrected chi connectivity index (χ4v) is 6.38. The predicted octanol–water partition coefficient (Wildman–Crippen LogP) is 1.11. The van der Waals surface area contributed by atoms with Crippen LogP contribution in [0, 0.1) is 5.92 Å². The van der Waals surface area contributed by atoms with E-state index in [1.54, 1.807) is 0 Å². The van der Waals surface area contributed by atoms with Crippen molar-refractivity contribution in [1.29, 1.82) is 0 Å². The summed E-state index contributed by atoms with van der Waals surface area (Å²) in [5.74, 6) is 3.59. The van der Waals surface area contributed by atoms with Crippen molar-refractivity contribution in [2.45, 2.75) is 55.9 Å². The second-order valence-electron chi connectivity index (χ2n) is 7.50. The summed E-state index contributed by atoms with van der Waals surface area (Å²) in [7, 11) is -2.85. The molecule has 7 heteroatoms. The fourth-order valence-electron chi connectivity index (χ4n) is 4.20. The number of sulfone groups is 1. The van der Waals surface area contributed by atoms with E-state index in [0.717, 1.165) is 25.3 Å². The SMILES string of the molecule is O=S1(=O)CC[C@@H]2CN(Cc3nnc(C4CC4)n3C3CC3)C[C@@H]21. The van der Waals surface area contributed by atoms with Crippen molar-refractivity contribution in [3.8, 4) is 0 Å². The molecule has 120 valence electrons. The molecular formula is C15H22N4O2S. The fraction of sp³-hybridized carbons (Fsp3) is 0.867. The molecule has 0 unspecified atom stereocenters. The van der Waals surface area contributed by atoms with E-state index in [-0.39, 0.29) is 5.25 Å². The molecule has 2 aliphatic heterocycles. The number of hydrogen-bond acceptors (Lipinski definition) is 5. The second-order valence-corrected chi connectivity index (χ2v) is 9.84. The smallest absolute Gasteiger partial charge is 0.154 e. The van der Waals surface area contributed by atoms with Gasteiger partial charge in [0, 0.05) is 25.0 Å². The Labute approximate surface area is 130 Å². The molecule has 3 heterocycles. The van der Waals surface area contributed by atoms with E-state index >= 15 is 0 Å². The number of likely N-dealkylation sites (tertiary alicyclic amines) is 1. The van der Waals surface area contributed by atoms with Crippen LogP contribution < -0.4 is 0 Å². The van der Waals surface area contributed by atoms with Crippen molar-refractivity contribution >= 4 is 9.84 Å². The molecule has 1 aromatic heterocycles. The lowest BCUT2D eigenvalue weighted by Crippen LogP contribution is -2.27. The van der Waals surface area contributed by atoms with Crippen LogP contribution in [-0.2, 0) is 16.4 Å². The zero-order valence-corrected chi connectivity index (χ0v) is 13.5. The Morgan fingerprint density at radius 2 is 1.86 bits per heavy atom. The van der Waals surface area contributed by atoms with E-state index in [1.807, 2.05) is 0 Å². The third kappa shape index (κ3) is 2.12. The van der Waals surface area contributed by atoms with Crippen molar-refractivity contribution in [3.63, 3.8) is 0 Å². The topological polar surface area (TPSA) is 68.1 Å². The minimum absolute atomic E-state index is 0.132. The minimum Gasteiger partial charge on any atom is -0.311 e. The van der Waals surface area contributed by atoms with Gasteiger partial charge in [-0.25, -0.2) is 8.42 Å². The van der Waals surface area contributed by atoms with Crippen LogP contribution in [0.3, 0.4) is 0 Å². The highest BCUT2D eigenvalue weighted by Gasteiger charge is 2.46. The van der Waals surface area contributed by atoms with Gasteiger partial charge in [-0.3, -0.25) is 4.90 Å². The molecule has 2 atom stereocenters. The monoisotopic (exact) mass is 322 g/mol. The molecule has 0 bridgehead atoms. The maximum absolute atomic E-state index is 12.1. The van der Waals surface area contributed by atoms with Gasteiger partial charge in [-0.2, -0.15) is 0 Å². The highest BCUT2D eigenvalue weighted by molar-refractivity contribution is 7.92. The Morgan fingerprint density at radius 3 is 2.55 bits per heavy atom. The molecule has 0 amide bonds. The van der Waals surface area contributed by atoms with Gasteiger partial charge in [0.05, 0.1) is 17.5 Å². The molecule has 2 saturated heterocycles. The number of rotatable bonds is 4. The molecule has 5 rings (SSSR count). The van der Waals surface area contributed by atoms with Crippen molar-refractivity contribution in [3.05, 3.63) is 11.6 Å². The number of nitrogens with zero attached hydrogens (tertiary/aromatic N) is 4. The number of hydrogen-bond donors (Lipinski definition) is 0. The van der Waals surface area contributed by atoms with Crippen LogP contribution >= 0.6 is 0 Å². The van der Waals surface area contributed by atoms with Crippen molar-refractivity contribution < 1.29 is 8.42 Å². The lowest BCUT2D eigenvalue weighted by atomic mass is 10.1. The third-order valence-corrected chi connectivity index (χ3v) is 7.96. The largest absolute Gasteiger partial charge is 0.311 e. The number of fused-ring (bicyclic) bond motifs is 1. The molecule has 0 N–H and O–H groups in total. The Bertz CT molecular complexity index is 705. The van der Waals surface area contributed by atoms with E-state index in [2.05, 4.69) is 19.7 Å². The van der Waals surface area contributed by atoms with Gasteiger partial charge in [-0.05, 0) is 38.0 Å². The van der Waals surface area contributed by atoms with Crippen LogP contribution in [0.25, 0.3) is 0 Å². The predicted molar refractivity (Wildman–Crippen MR) is 81.2 cm³/mol. The summed E-state index contributed by atoms with van der Waals surface area (Å²) in [6.07, 6.45) is 5.81. The van der Waals surface area contributed by atoms with Crippen molar-refractivity contribution in [1.82, 2.24) is 19.7 Å². The lowest BCUT2D eigenvalue weighted by Gasteiger charge is -2.17.